The molecule has 0 atom stereocenters. The van der Waals surface area contributed by atoms with Crippen molar-refractivity contribution in [1.29, 1.82) is 0 Å². The molecule has 2 N–H and O–H groups in total. The van der Waals surface area contributed by atoms with Crippen LogP contribution < -0.4 is 15.9 Å². The van der Waals surface area contributed by atoms with Gasteiger partial charge in [0.25, 0.3) is 5.91 Å². The predicted molar refractivity (Wildman–Crippen MR) is 48.9 cm³/mol. The first kappa shape index (κ1) is 9.31. The molecule has 0 aliphatic heterocycles. The Hall–Kier alpha value is -1.78. The van der Waals surface area contributed by atoms with Crippen molar-refractivity contribution in [3.8, 4) is 5.75 Å². The molecule has 5 heteroatoms. The van der Waals surface area contributed by atoms with Gasteiger partial charge in [0.15, 0.2) is 5.75 Å². The van der Waals surface area contributed by atoms with Crippen molar-refractivity contribution in [3.05, 3.63) is 28.2 Å². The van der Waals surface area contributed by atoms with Crippen molar-refractivity contribution in [1.82, 2.24) is 4.57 Å². The molecule has 1 aromatic rings. The van der Waals surface area contributed by atoms with Gasteiger partial charge in [-0.05, 0) is 0 Å². The third-order valence-corrected chi connectivity index (χ3v) is 1.61. The number of hydrogen-bond donors (Lipinski definition) is 1. The number of methoxy groups -OCH3 is 1. The molecule has 0 aromatic carbocycles. The molecule has 1 amide bonds. The zero-order valence-corrected chi connectivity index (χ0v) is 7.40. The van der Waals surface area contributed by atoms with Crippen LogP contribution in [0.3, 0.4) is 0 Å². The van der Waals surface area contributed by atoms with Gasteiger partial charge in [-0.2, -0.15) is 0 Å². The molecule has 0 saturated heterocycles. The van der Waals surface area contributed by atoms with Gasteiger partial charge in [-0.25, -0.2) is 0 Å². The quantitative estimate of drug-likeness (QED) is 0.688. The lowest BCUT2D eigenvalue weighted by molar-refractivity contribution is 0.0998. The second-order valence-electron chi connectivity index (χ2n) is 2.60. The third kappa shape index (κ3) is 1.69. The van der Waals surface area contributed by atoms with Gasteiger partial charge in [0.05, 0.1) is 7.11 Å². The fourth-order valence-corrected chi connectivity index (χ4v) is 0.997. The van der Waals surface area contributed by atoms with Crippen LogP contribution in [0.4, 0.5) is 0 Å². The van der Waals surface area contributed by atoms with Crippen molar-refractivity contribution in [2.24, 2.45) is 12.8 Å². The Morgan fingerprint density at radius 3 is 2.69 bits per heavy atom. The lowest BCUT2D eigenvalue weighted by atomic mass is 10.2. The van der Waals surface area contributed by atoms with E-state index in [2.05, 4.69) is 0 Å². The van der Waals surface area contributed by atoms with Gasteiger partial charge >= 0.3 is 0 Å². The molecule has 0 fully saturated rings. The number of nitrogens with zero attached hydrogens (tertiary/aromatic N) is 1. The summed E-state index contributed by atoms with van der Waals surface area (Å²) in [6, 6.07) is 0. The molecule has 0 saturated carbocycles. The number of ether oxygens (including phenoxy) is 1. The highest BCUT2D eigenvalue weighted by molar-refractivity contribution is 5.92. The van der Waals surface area contributed by atoms with E-state index >= 15 is 0 Å². The number of hydrogen-bond acceptors (Lipinski definition) is 3. The van der Waals surface area contributed by atoms with E-state index < -0.39 is 11.3 Å². The molecule has 5 nitrogen and oxygen atoms in total. The van der Waals surface area contributed by atoms with E-state index in [1.165, 1.54) is 19.5 Å². The van der Waals surface area contributed by atoms with Gasteiger partial charge in [-0.3, -0.25) is 9.59 Å². The standard InChI is InChI=1S/C8H10N2O3.H2/c1-10-3-5(8(9)12)7(11)6(4-10)13-2;/h3-4H,1-2H3,(H2,9,12);1H. The highest BCUT2D eigenvalue weighted by Crippen LogP contribution is 2.02. The minimum atomic E-state index is -0.750. The van der Waals surface area contributed by atoms with Gasteiger partial charge in [0, 0.05) is 20.9 Å². The summed E-state index contributed by atoms with van der Waals surface area (Å²) in [6.07, 6.45) is 2.85. The highest BCUT2D eigenvalue weighted by atomic mass is 16.5. The van der Waals surface area contributed by atoms with Crippen molar-refractivity contribution < 1.29 is 11.0 Å². The molecule has 0 aliphatic rings. The van der Waals surface area contributed by atoms with Crippen LogP contribution >= 0.6 is 0 Å². The SMILES string of the molecule is COc1cn(C)cc(C(N)=O)c1=O.[HH]. The van der Waals surface area contributed by atoms with E-state index in [4.69, 9.17) is 10.5 Å². The molecule has 0 unspecified atom stereocenters. The molecule has 72 valence electrons. The maximum atomic E-state index is 11.4. The average molecular weight is 184 g/mol. The summed E-state index contributed by atoms with van der Waals surface area (Å²) in [6.45, 7) is 0. The predicted octanol–water partition coefficient (Wildman–Crippen LogP) is -0.261. The van der Waals surface area contributed by atoms with E-state index in [1.54, 1.807) is 11.6 Å². The van der Waals surface area contributed by atoms with Gasteiger partial charge < -0.3 is 15.0 Å². The second kappa shape index (κ2) is 3.30. The Kier molecular flexibility index (Phi) is 2.36. The minimum absolute atomic E-state index is 0. The molecule has 1 rings (SSSR count). The molecule has 0 spiro atoms. The van der Waals surface area contributed by atoms with Crippen molar-refractivity contribution in [2.45, 2.75) is 0 Å². The summed E-state index contributed by atoms with van der Waals surface area (Å²) < 4.78 is 6.32. The molecule has 0 bridgehead atoms. The Bertz CT molecular complexity index is 400. The Morgan fingerprint density at radius 2 is 2.23 bits per heavy atom. The number of carbonyl (C=O) groups excluding carboxylic acids is 1. The fourth-order valence-electron chi connectivity index (χ4n) is 0.997. The first-order chi connectivity index (χ1) is 6.06. The molecule has 0 aliphatic carbocycles. The molecule has 13 heavy (non-hydrogen) atoms. The van der Waals surface area contributed by atoms with Gasteiger partial charge in [0.1, 0.15) is 5.56 Å². The van der Waals surface area contributed by atoms with E-state index in [9.17, 15) is 9.59 Å². The summed E-state index contributed by atoms with van der Waals surface area (Å²) >= 11 is 0. The number of aromatic nitrogens is 1. The van der Waals surface area contributed by atoms with E-state index in [1.807, 2.05) is 0 Å². The number of primary amides is 1. The maximum Gasteiger partial charge on any atom is 0.254 e. The zero-order valence-electron chi connectivity index (χ0n) is 7.40. The minimum Gasteiger partial charge on any atom is -0.491 e. The van der Waals surface area contributed by atoms with E-state index in [0.717, 1.165) is 0 Å². The van der Waals surface area contributed by atoms with Crippen LogP contribution in [-0.2, 0) is 7.05 Å². The smallest absolute Gasteiger partial charge is 0.254 e. The number of carbonyl (C=O) groups is 1. The first-order valence-electron chi connectivity index (χ1n) is 3.60. The van der Waals surface area contributed by atoms with Crippen molar-refractivity contribution in [2.75, 3.05) is 7.11 Å². The van der Waals surface area contributed by atoms with Crippen LogP contribution in [0.1, 0.15) is 11.8 Å². The van der Waals surface area contributed by atoms with E-state index in [0.29, 0.717) is 0 Å². The van der Waals surface area contributed by atoms with E-state index in [-0.39, 0.29) is 12.7 Å². The second-order valence-corrected chi connectivity index (χ2v) is 2.60. The maximum absolute atomic E-state index is 11.4. The average Bonchev–Trinajstić information content (AvgIpc) is 2.08. The van der Waals surface area contributed by atoms with Crippen LogP contribution in [0.2, 0.25) is 0 Å². The monoisotopic (exact) mass is 184 g/mol. The zero-order chi connectivity index (χ0) is 10.0. The highest BCUT2D eigenvalue weighted by Gasteiger charge is 2.10. The number of nitrogens with two attached hydrogens (primary N) is 1. The van der Waals surface area contributed by atoms with Crippen LogP contribution in [0, 0.1) is 0 Å². The van der Waals surface area contributed by atoms with Crippen LogP contribution in [0.5, 0.6) is 5.75 Å². The van der Waals surface area contributed by atoms with Crippen LogP contribution in [-0.4, -0.2) is 17.6 Å². The number of aryl methyl sites for hydroxylation is 1. The summed E-state index contributed by atoms with van der Waals surface area (Å²) in [5.74, 6) is -0.640. The summed E-state index contributed by atoms with van der Waals surface area (Å²) in [7, 11) is 3.04. The van der Waals surface area contributed by atoms with Gasteiger partial charge in [-0.1, -0.05) is 0 Å². The van der Waals surface area contributed by atoms with Crippen molar-refractivity contribution in [3.63, 3.8) is 0 Å². The van der Waals surface area contributed by atoms with Crippen LogP contribution in [0.25, 0.3) is 0 Å². The third-order valence-electron chi connectivity index (χ3n) is 1.61. The van der Waals surface area contributed by atoms with Crippen LogP contribution in [0.15, 0.2) is 17.2 Å². The molecule has 1 aromatic heterocycles. The largest absolute Gasteiger partial charge is 0.491 e. The number of pyridine rings is 1. The Balaban J connectivity index is 0.00000169. The van der Waals surface area contributed by atoms with Gasteiger partial charge in [-0.15, -0.1) is 0 Å². The molecule has 0 radical (unpaired) electrons. The molecular formula is C8H12N2O3. The lowest BCUT2D eigenvalue weighted by Gasteiger charge is -2.04. The lowest BCUT2D eigenvalue weighted by Crippen LogP contribution is -2.23. The van der Waals surface area contributed by atoms with Gasteiger partial charge in [0.2, 0.25) is 5.43 Å². The summed E-state index contributed by atoms with van der Waals surface area (Å²) in [5.41, 5.74) is 4.45. The van der Waals surface area contributed by atoms with Crippen molar-refractivity contribution >= 4 is 5.91 Å². The number of amides is 1. The molecular weight excluding hydrogens is 172 g/mol. The summed E-state index contributed by atoms with van der Waals surface area (Å²) in [4.78, 5) is 22.1. The number of rotatable bonds is 2. The normalized spacial score (nSPS) is 9.69. The Labute approximate surface area is 76.2 Å². The topological polar surface area (TPSA) is 74.3 Å². The first-order valence-corrected chi connectivity index (χ1v) is 3.60. The molecule has 1 heterocycles. The fraction of sp³-hybridized carbons (Fsp3) is 0.250. The Morgan fingerprint density at radius 1 is 1.62 bits per heavy atom. The summed E-state index contributed by atoms with van der Waals surface area (Å²) in [5, 5.41) is 0.